The van der Waals surface area contributed by atoms with Gasteiger partial charge in [0.15, 0.2) is 11.6 Å². The number of aryl methyl sites for hydroxylation is 2. The molecule has 0 atom stereocenters. The lowest BCUT2D eigenvalue weighted by Crippen LogP contribution is -2.41. The van der Waals surface area contributed by atoms with E-state index in [-0.39, 0.29) is 11.8 Å². The Kier molecular flexibility index (Phi) is 6.59. The molecule has 10 aromatic rings. The average molecular weight is 813 g/mol. The van der Waals surface area contributed by atoms with Crippen molar-refractivity contribution in [2.75, 3.05) is 0 Å². The Bertz CT molecular complexity index is 3370. The molecule has 0 fully saturated rings. The summed E-state index contributed by atoms with van der Waals surface area (Å²) in [7, 11) is 0. The molecule has 7 aliphatic rings. The quantitative estimate of drug-likeness (QED) is 0.143. The number of imidazole rings is 2. The van der Waals surface area contributed by atoms with E-state index >= 15 is 0 Å². The third kappa shape index (κ3) is 4.12. The fourth-order valence-corrected chi connectivity index (χ4v) is 12.6. The summed E-state index contributed by atoms with van der Waals surface area (Å²) >= 11 is 0. The Hall–Kier alpha value is -8.18. The van der Waals surface area contributed by atoms with Gasteiger partial charge in [0.25, 0.3) is 0 Å². The molecule has 0 spiro atoms. The molecule has 8 aromatic carbocycles. The molecular formula is C60H36N4. The van der Waals surface area contributed by atoms with E-state index in [4.69, 9.17) is 9.97 Å². The van der Waals surface area contributed by atoms with Crippen molar-refractivity contribution in [2.45, 2.75) is 35.8 Å². The van der Waals surface area contributed by atoms with Crippen LogP contribution in [0.2, 0.25) is 0 Å². The Morgan fingerprint density at radius 1 is 0.359 bits per heavy atom. The van der Waals surface area contributed by atoms with E-state index < -0.39 is 10.8 Å². The van der Waals surface area contributed by atoms with Gasteiger partial charge in [-0.15, -0.1) is 0 Å². The van der Waals surface area contributed by atoms with Gasteiger partial charge in [-0.05, 0) is 91.0 Å². The molecule has 296 valence electrons. The molecular weight excluding hydrogens is 777 g/mol. The smallest absolute Gasteiger partial charge is 0.177 e. The van der Waals surface area contributed by atoms with Gasteiger partial charge in [0, 0.05) is 24.9 Å². The van der Waals surface area contributed by atoms with E-state index in [0.29, 0.717) is 0 Å². The van der Waals surface area contributed by atoms with Crippen LogP contribution >= 0.6 is 0 Å². The molecule has 4 bridgehead atoms. The van der Waals surface area contributed by atoms with Crippen LogP contribution in [0.5, 0.6) is 0 Å². The van der Waals surface area contributed by atoms with Crippen molar-refractivity contribution < 1.29 is 0 Å². The van der Waals surface area contributed by atoms with E-state index in [1.165, 1.54) is 66.8 Å². The Labute approximate surface area is 370 Å². The zero-order chi connectivity index (χ0) is 41.7. The summed E-state index contributed by atoms with van der Waals surface area (Å²) in [6.07, 6.45) is 0. The molecule has 4 nitrogen and oxygen atoms in total. The first-order valence-electron chi connectivity index (χ1n) is 22.4. The van der Waals surface area contributed by atoms with Crippen molar-refractivity contribution in [2.24, 2.45) is 0 Å². The van der Waals surface area contributed by atoms with Gasteiger partial charge in [-0.25, -0.2) is 9.97 Å². The van der Waals surface area contributed by atoms with Crippen molar-refractivity contribution in [3.63, 3.8) is 0 Å². The second-order valence-corrected chi connectivity index (χ2v) is 17.9. The van der Waals surface area contributed by atoms with Crippen LogP contribution in [-0.2, 0) is 23.9 Å². The lowest BCUT2D eigenvalue weighted by molar-refractivity contribution is 0.574. The van der Waals surface area contributed by atoms with E-state index in [2.05, 4.69) is 215 Å². The van der Waals surface area contributed by atoms with Gasteiger partial charge in [-0.2, -0.15) is 0 Å². The van der Waals surface area contributed by atoms with Gasteiger partial charge in [0.05, 0.1) is 22.2 Å². The minimum atomic E-state index is -0.603. The summed E-state index contributed by atoms with van der Waals surface area (Å²) < 4.78 is 4.67. The fraction of sp³-hybridized carbons (Fsp3) is 0.100. The molecule has 0 saturated heterocycles. The molecule has 1 aliphatic heterocycles. The minimum absolute atomic E-state index is 0.202. The summed E-state index contributed by atoms with van der Waals surface area (Å²) in [6.45, 7) is 1.57. The average Bonchev–Trinajstić information content (AvgIpc) is 3.95. The fourth-order valence-electron chi connectivity index (χ4n) is 12.6. The largest absolute Gasteiger partial charge is 0.320 e. The third-order valence-electron chi connectivity index (χ3n) is 15.1. The first kappa shape index (κ1) is 34.4. The Morgan fingerprint density at radius 3 is 0.969 bits per heavy atom. The second kappa shape index (κ2) is 12.3. The highest BCUT2D eigenvalue weighted by Gasteiger charge is 2.52. The molecule has 3 heterocycles. The Morgan fingerprint density at radius 2 is 0.656 bits per heavy atom. The van der Waals surface area contributed by atoms with Crippen LogP contribution in [0.25, 0.3) is 33.7 Å². The molecule has 2 aromatic heterocycles. The van der Waals surface area contributed by atoms with Crippen LogP contribution in [0.4, 0.5) is 0 Å². The highest BCUT2D eigenvalue weighted by atomic mass is 15.2. The predicted octanol–water partition coefficient (Wildman–Crippen LogP) is 11.5. The van der Waals surface area contributed by atoms with E-state index in [9.17, 15) is 0 Å². The number of fused-ring (bicyclic) bond motifs is 7. The van der Waals surface area contributed by atoms with Crippen molar-refractivity contribution >= 4 is 22.1 Å². The van der Waals surface area contributed by atoms with Gasteiger partial charge in [-0.1, -0.05) is 181 Å². The zero-order valence-electron chi connectivity index (χ0n) is 34.7. The van der Waals surface area contributed by atoms with E-state index in [1.807, 2.05) is 0 Å². The first-order chi connectivity index (χ1) is 31.7. The maximum atomic E-state index is 5.44. The van der Waals surface area contributed by atoms with Gasteiger partial charge in [0.2, 0.25) is 0 Å². The van der Waals surface area contributed by atoms with Gasteiger partial charge in [0.1, 0.15) is 21.9 Å². The maximum Gasteiger partial charge on any atom is 0.177 e. The molecule has 0 amide bonds. The molecule has 64 heavy (non-hydrogen) atoms. The summed E-state index contributed by atoms with van der Waals surface area (Å²) in [4.78, 5) is 10.9. The van der Waals surface area contributed by atoms with Crippen LogP contribution < -0.4 is 0 Å². The highest BCUT2D eigenvalue weighted by molar-refractivity contribution is 5.90. The van der Waals surface area contributed by atoms with Crippen molar-refractivity contribution in [1.82, 2.24) is 19.1 Å². The predicted molar refractivity (Wildman–Crippen MR) is 253 cm³/mol. The standard InChI is InChI=1S/C60H36N4/c1-7-23-45-39(17-1)53-40-18-2-8-24-46(40)59(45,47-25-9-3-19-41(47)53)33-31-37-15-13-29-51-55(37)61-57-58-62-56-38(16-14-30-52(56)64(58)36-35-63(51)57)32-34-60-48-26-10-4-20-42(48)54(43-21-5-11-27-49(43)60)44-22-6-12-28-50(44)60/h1-30,53-54H,35-36H2. The molecule has 0 saturated carbocycles. The lowest BCUT2D eigenvalue weighted by atomic mass is 9.53. The van der Waals surface area contributed by atoms with Crippen molar-refractivity contribution in [3.05, 3.63) is 260 Å². The van der Waals surface area contributed by atoms with Gasteiger partial charge >= 0.3 is 0 Å². The van der Waals surface area contributed by atoms with Crippen LogP contribution in [0.15, 0.2) is 182 Å². The number of hydrogen-bond donors (Lipinski definition) is 0. The van der Waals surface area contributed by atoms with Crippen LogP contribution in [0.3, 0.4) is 0 Å². The normalized spacial score (nSPS) is 20.6. The van der Waals surface area contributed by atoms with Crippen LogP contribution in [0.1, 0.15) is 89.7 Å². The number of aromatic nitrogens is 4. The Balaban J connectivity index is 0.894. The lowest BCUT2D eigenvalue weighted by Gasteiger charge is -2.48. The number of para-hydroxylation sites is 2. The summed E-state index contributed by atoms with van der Waals surface area (Å²) in [5, 5.41) is 0. The van der Waals surface area contributed by atoms with E-state index in [1.54, 1.807) is 0 Å². The second-order valence-electron chi connectivity index (χ2n) is 17.9. The number of benzene rings is 8. The summed E-state index contributed by atoms with van der Waals surface area (Å²) in [6, 6.07) is 66.4. The number of hydrogen-bond acceptors (Lipinski definition) is 2. The molecule has 0 unspecified atom stereocenters. The summed E-state index contributed by atoms with van der Waals surface area (Å²) in [5.74, 6) is 17.6. The number of rotatable bonds is 0. The monoisotopic (exact) mass is 812 g/mol. The highest BCUT2D eigenvalue weighted by Crippen LogP contribution is 2.60. The topological polar surface area (TPSA) is 35.6 Å². The third-order valence-corrected chi connectivity index (χ3v) is 15.1. The SMILES string of the molecule is C(#CC12c3ccccc3C(c3ccccc31)c1ccccc12)c1cccc2c1nc1n2CCn2c-1nc1c(C#CC34c5ccccc5C(c5ccccc53)c3ccccc34)cccc12. The number of nitrogens with zero attached hydrogens (tertiary/aromatic N) is 4. The first-order valence-corrected chi connectivity index (χ1v) is 22.4. The summed E-state index contributed by atoms with van der Waals surface area (Å²) in [5.41, 5.74) is 20.4. The molecule has 0 radical (unpaired) electrons. The molecule has 17 rings (SSSR count). The molecule has 6 aliphatic carbocycles. The van der Waals surface area contributed by atoms with E-state index in [0.717, 1.165) is 57.9 Å². The van der Waals surface area contributed by atoms with Crippen LogP contribution in [-0.4, -0.2) is 19.1 Å². The molecule has 0 N–H and O–H groups in total. The van der Waals surface area contributed by atoms with Gasteiger partial charge in [-0.3, -0.25) is 0 Å². The minimum Gasteiger partial charge on any atom is -0.320 e. The van der Waals surface area contributed by atoms with Crippen molar-refractivity contribution in [3.8, 4) is 35.3 Å². The van der Waals surface area contributed by atoms with Crippen molar-refractivity contribution in [1.29, 1.82) is 0 Å². The van der Waals surface area contributed by atoms with Crippen LogP contribution in [0, 0.1) is 23.7 Å². The van der Waals surface area contributed by atoms with Gasteiger partial charge < -0.3 is 9.13 Å². The maximum absolute atomic E-state index is 5.44. The zero-order valence-corrected chi connectivity index (χ0v) is 34.7. The molecule has 4 heteroatoms.